The van der Waals surface area contributed by atoms with E-state index in [0.717, 1.165) is 0 Å². The van der Waals surface area contributed by atoms with Gasteiger partial charge in [-0.15, -0.1) is 0 Å². The monoisotopic (exact) mass is 524 g/mol. The van der Waals surface area contributed by atoms with Crippen LogP contribution in [0.5, 0.6) is 0 Å². The van der Waals surface area contributed by atoms with Crippen molar-refractivity contribution in [3.63, 3.8) is 0 Å². The van der Waals surface area contributed by atoms with Crippen LogP contribution in [-0.2, 0) is 10.1 Å². The first-order chi connectivity index (χ1) is 13.1. The molecule has 0 atom stereocenters. The average Bonchev–Trinajstić information content (AvgIpc) is 2.56. The van der Waals surface area contributed by atoms with Crippen LogP contribution in [0.4, 0.5) is 74.6 Å². The van der Waals surface area contributed by atoms with Gasteiger partial charge in [-0.3, -0.25) is 4.55 Å². The average molecular weight is 524 g/mol. The standard InChI is InChI=1S/C10HF17O3S/c11-1(2(12)4(14)6(17,18)31(28,29)30)3(13)5(15,16)7(19,20)8(21,22)9(23,24)10(25,26)27/h(H,28,29,30)/b3-1+,4-2+. The SMILES string of the molecule is O=S(=O)(O)C(F)(F)/C(F)=C(F)/C(F)=C(\F)C(F)(F)C(F)(F)C(F)(F)C(F)(F)C(F)(F)F. The van der Waals surface area contributed by atoms with E-state index in [0.29, 0.717) is 0 Å². The minimum atomic E-state index is -8.32. The van der Waals surface area contributed by atoms with Crippen molar-refractivity contribution in [1.82, 2.24) is 0 Å². The predicted octanol–water partition coefficient (Wildman–Crippen LogP) is 5.87. The molecule has 3 nitrogen and oxygen atoms in total. The van der Waals surface area contributed by atoms with Crippen molar-refractivity contribution < 1.29 is 87.6 Å². The van der Waals surface area contributed by atoms with Crippen LogP contribution >= 0.6 is 0 Å². The topological polar surface area (TPSA) is 54.4 Å². The van der Waals surface area contributed by atoms with Gasteiger partial charge < -0.3 is 0 Å². The van der Waals surface area contributed by atoms with E-state index in [2.05, 4.69) is 0 Å². The van der Waals surface area contributed by atoms with Crippen molar-refractivity contribution in [1.29, 1.82) is 0 Å². The van der Waals surface area contributed by atoms with Gasteiger partial charge in [0.25, 0.3) is 0 Å². The molecule has 0 bridgehead atoms. The number of alkyl halides is 13. The van der Waals surface area contributed by atoms with E-state index >= 15 is 0 Å². The molecular formula is C10HF17O3S. The van der Waals surface area contributed by atoms with Gasteiger partial charge in [0.15, 0.2) is 5.83 Å². The Balaban J connectivity index is 6.88. The van der Waals surface area contributed by atoms with Crippen LogP contribution in [0.25, 0.3) is 0 Å². The van der Waals surface area contributed by atoms with E-state index in [1.54, 1.807) is 0 Å². The molecule has 0 aromatic carbocycles. The lowest BCUT2D eigenvalue weighted by atomic mass is 9.97. The lowest BCUT2D eigenvalue weighted by Gasteiger charge is -2.36. The summed E-state index contributed by atoms with van der Waals surface area (Å²) >= 11 is 0. The lowest BCUT2D eigenvalue weighted by molar-refractivity contribution is -0.419. The summed E-state index contributed by atoms with van der Waals surface area (Å²) in [5.41, 5.74) is 0. The second kappa shape index (κ2) is 7.66. The zero-order valence-corrected chi connectivity index (χ0v) is 13.9. The van der Waals surface area contributed by atoms with Gasteiger partial charge >= 0.3 is 45.2 Å². The van der Waals surface area contributed by atoms with Gasteiger partial charge in [-0.2, -0.15) is 65.5 Å². The van der Waals surface area contributed by atoms with Gasteiger partial charge in [0, 0.05) is 0 Å². The number of allylic oxidation sites excluding steroid dienone is 3. The van der Waals surface area contributed by atoms with Crippen molar-refractivity contribution in [2.24, 2.45) is 0 Å². The third-order valence-corrected chi connectivity index (χ3v) is 3.80. The molecule has 21 heteroatoms. The van der Waals surface area contributed by atoms with Gasteiger partial charge in [-0.1, -0.05) is 0 Å². The Bertz CT molecular complexity index is 878. The largest absolute Gasteiger partial charge is 0.460 e. The van der Waals surface area contributed by atoms with E-state index in [4.69, 9.17) is 4.55 Å². The summed E-state index contributed by atoms with van der Waals surface area (Å²) in [4.78, 5) is 0. The minimum Gasteiger partial charge on any atom is -0.281 e. The molecule has 0 aromatic rings. The fourth-order valence-electron chi connectivity index (χ4n) is 1.28. The Morgan fingerprint density at radius 1 is 0.548 bits per heavy atom. The summed E-state index contributed by atoms with van der Waals surface area (Å²) in [5, 5.41) is -6.63. The third-order valence-electron chi connectivity index (χ3n) is 2.97. The van der Waals surface area contributed by atoms with Crippen molar-refractivity contribution in [2.75, 3.05) is 0 Å². The van der Waals surface area contributed by atoms with Crippen molar-refractivity contribution in [3.8, 4) is 0 Å². The van der Waals surface area contributed by atoms with Crippen LogP contribution in [0.2, 0.25) is 0 Å². The number of rotatable bonds is 7. The predicted molar refractivity (Wildman–Crippen MR) is 60.8 cm³/mol. The Hall–Kier alpha value is -1.80. The Labute approximate surface area is 157 Å². The van der Waals surface area contributed by atoms with Crippen LogP contribution in [-0.4, -0.2) is 48.1 Å². The minimum absolute atomic E-state index is 4.50. The third kappa shape index (κ3) is 4.29. The summed E-state index contributed by atoms with van der Waals surface area (Å²) in [6.07, 6.45) is -7.72. The van der Waals surface area contributed by atoms with E-state index in [1.165, 1.54) is 0 Å². The molecular weight excluding hydrogens is 523 g/mol. The van der Waals surface area contributed by atoms with Crippen LogP contribution in [0.1, 0.15) is 0 Å². The quantitative estimate of drug-likeness (QED) is 0.258. The van der Waals surface area contributed by atoms with Crippen LogP contribution < -0.4 is 0 Å². The number of hydrogen-bond donors (Lipinski definition) is 1. The molecule has 184 valence electrons. The molecule has 31 heavy (non-hydrogen) atoms. The van der Waals surface area contributed by atoms with Crippen molar-refractivity contribution in [2.45, 2.75) is 35.1 Å². The molecule has 0 aliphatic carbocycles. The first-order valence-corrected chi connectivity index (χ1v) is 7.62. The zero-order valence-electron chi connectivity index (χ0n) is 13.1. The molecule has 0 amide bonds. The zero-order chi connectivity index (χ0) is 25.8. The number of halogens is 17. The molecule has 0 spiro atoms. The Morgan fingerprint density at radius 3 is 1.16 bits per heavy atom. The maximum atomic E-state index is 13.1. The maximum absolute atomic E-state index is 13.1. The summed E-state index contributed by atoms with van der Waals surface area (Å²) < 4.78 is 244. The highest BCUT2D eigenvalue weighted by Gasteiger charge is 2.88. The van der Waals surface area contributed by atoms with Crippen LogP contribution in [0, 0.1) is 0 Å². The van der Waals surface area contributed by atoms with Gasteiger partial charge in [-0.25, -0.2) is 17.6 Å². The van der Waals surface area contributed by atoms with E-state index in [9.17, 15) is 83.1 Å². The van der Waals surface area contributed by atoms with Crippen molar-refractivity contribution >= 4 is 10.1 Å². The second-order valence-electron chi connectivity index (χ2n) is 5.04. The molecule has 0 rings (SSSR count). The van der Waals surface area contributed by atoms with Gasteiger partial charge in [0.05, 0.1) is 0 Å². The first kappa shape index (κ1) is 29.2. The second-order valence-corrected chi connectivity index (χ2v) is 6.51. The van der Waals surface area contributed by atoms with E-state index in [-0.39, 0.29) is 0 Å². The number of hydrogen-bond acceptors (Lipinski definition) is 2. The molecule has 0 fully saturated rings. The molecule has 0 unspecified atom stereocenters. The maximum Gasteiger partial charge on any atom is 0.460 e. The molecule has 0 aromatic heterocycles. The normalized spacial score (nSPS) is 17.4. The molecule has 0 aliphatic rings. The van der Waals surface area contributed by atoms with E-state index < -0.39 is 68.5 Å². The highest BCUT2D eigenvalue weighted by atomic mass is 32.2. The van der Waals surface area contributed by atoms with Crippen LogP contribution in [0.15, 0.2) is 23.3 Å². The molecule has 0 heterocycles. The fraction of sp³-hybridized carbons (Fsp3) is 0.600. The molecule has 0 aliphatic heterocycles. The summed E-state index contributed by atoms with van der Waals surface area (Å²) in [6, 6.07) is 0. The Morgan fingerprint density at radius 2 is 0.871 bits per heavy atom. The smallest absolute Gasteiger partial charge is 0.281 e. The summed E-state index contributed by atoms with van der Waals surface area (Å²) in [7, 11) is -7.13. The Kier molecular flexibility index (Phi) is 7.21. The molecule has 0 radical (unpaired) electrons. The van der Waals surface area contributed by atoms with Gasteiger partial charge in [0.2, 0.25) is 17.5 Å². The van der Waals surface area contributed by atoms with Crippen molar-refractivity contribution in [3.05, 3.63) is 23.3 Å². The molecule has 1 N–H and O–H groups in total. The first-order valence-electron chi connectivity index (χ1n) is 6.18. The highest BCUT2D eigenvalue weighted by Crippen LogP contribution is 2.59. The summed E-state index contributed by atoms with van der Waals surface area (Å²) in [5.74, 6) is -51.5. The molecule has 0 saturated heterocycles. The molecule has 0 saturated carbocycles. The fourth-order valence-corrected chi connectivity index (χ4v) is 1.60. The van der Waals surface area contributed by atoms with Gasteiger partial charge in [0.1, 0.15) is 0 Å². The lowest BCUT2D eigenvalue weighted by Crippen LogP contribution is -2.66. The summed E-state index contributed by atoms with van der Waals surface area (Å²) in [6.45, 7) is 0. The highest BCUT2D eigenvalue weighted by molar-refractivity contribution is 7.87. The van der Waals surface area contributed by atoms with Crippen LogP contribution in [0.3, 0.4) is 0 Å². The van der Waals surface area contributed by atoms with Gasteiger partial charge in [-0.05, 0) is 0 Å². The van der Waals surface area contributed by atoms with E-state index in [1.807, 2.05) is 0 Å².